The Labute approximate surface area is 179 Å². The van der Waals surface area contributed by atoms with Crippen LogP contribution in [0.3, 0.4) is 0 Å². The van der Waals surface area contributed by atoms with Crippen LogP contribution < -0.4 is 5.32 Å². The van der Waals surface area contributed by atoms with Crippen molar-refractivity contribution in [3.05, 3.63) is 29.6 Å². The molecule has 3 N–H and O–H groups in total. The van der Waals surface area contributed by atoms with Gasteiger partial charge in [-0.25, -0.2) is 4.79 Å². The number of allylic oxidation sites excluding steroid dienone is 1. The first-order valence-electron chi connectivity index (χ1n) is 11.5. The SMILES string of the molecule is C=C1CC[C@H]2[C@H](CNC(=O)OCC)[C@@H]([C@@]3(C)Cc4cn[nH]c4C[C@@H]3CO)CC[C@]12C. The van der Waals surface area contributed by atoms with Crippen molar-refractivity contribution in [2.75, 3.05) is 19.8 Å². The van der Waals surface area contributed by atoms with Gasteiger partial charge in [-0.05, 0) is 85.5 Å². The Bertz CT molecular complexity index is 805. The molecule has 0 aromatic carbocycles. The van der Waals surface area contributed by atoms with E-state index in [1.807, 2.05) is 13.1 Å². The van der Waals surface area contributed by atoms with Crippen molar-refractivity contribution in [1.29, 1.82) is 0 Å². The highest BCUT2D eigenvalue weighted by Gasteiger charge is 2.56. The maximum Gasteiger partial charge on any atom is 0.407 e. The summed E-state index contributed by atoms with van der Waals surface area (Å²) in [5.41, 5.74) is 3.94. The van der Waals surface area contributed by atoms with Gasteiger partial charge in [-0.2, -0.15) is 5.10 Å². The summed E-state index contributed by atoms with van der Waals surface area (Å²) in [5.74, 6) is 1.46. The molecule has 0 unspecified atom stereocenters. The quantitative estimate of drug-likeness (QED) is 0.637. The first kappa shape index (κ1) is 21.4. The Hall–Kier alpha value is -1.82. The molecule has 30 heavy (non-hydrogen) atoms. The summed E-state index contributed by atoms with van der Waals surface area (Å²) < 4.78 is 5.15. The van der Waals surface area contributed by atoms with Gasteiger partial charge in [-0.15, -0.1) is 0 Å². The number of H-pyrrole nitrogens is 1. The Morgan fingerprint density at radius 3 is 2.93 bits per heavy atom. The van der Waals surface area contributed by atoms with Crippen LogP contribution in [0, 0.1) is 34.5 Å². The Kier molecular flexibility index (Phi) is 5.73. The number of rotatable bonds is 5. The fourth-order valence-electron chi connectivity index (χ4n) is 7.09. The van der Waals surface area contributed by atoms with Gasteiger partial charge in [0, 0.05) is 18.8 Å². The molecule has 0 bridgehead atoms. The number of aliphatic hydroxyl groups is 1. The van der Waals surface area contributed by atoms with Crippen molar-refractivity contribution >= 4 is 6.09 Å². The summed E-state index contributed by atoms with van der Waals surface area (Å²) in [6.07, 6.45) is 7.85. The molecule has 6 nitrogen and oxygen atoms in total. The Morgan fingerprint density at radius 1 is 1.40 bits per heavy atom. The fraction of sp³-hybridized carbons (Fsp3) is 0.750. The number of hydrogen-bond donors (Lipinski definition) is 3. The number of fused-ring (bicyclic) bond motifs is 2. The molecular formula is C24H37N3O3. The van der Waals surface area contributed by atoms with Crippen LogP contribution in [-0.4, -0.2) is 41.2 Å². The molecule has 0 saturated heterocycles. The molecule has 0 aliphatic heterocycles. The number of nitrogens with one attached hydrogen (secondary N) is 2. The van der Waals surface area contributed by atoms with E-state index < -0.39 is 0 Å². The number of alkyl carbamates (subject to hydrolysis) is 1. The minimum atomic E-state index is -0.329. The third-order valence-corrected chi connectivity index (χ3v) is 8.98. The number of carbonyl (C=O) groups is 1. The first-order valence-corrected chi connectivity index (χ1v) is 11.5. The molecule has 6 atom stereocenters. The van der Waals surface area contributed by atoms with E-state index in [1.165, 1.54) is 16.8 Å². The van der Waals surface area contributed by atoms with Crippen LogP contribution in [0.25, 0.3) is 0 Å². The lowest BCUT2D eigenvalue weighted by Gasteiger charge is -2.56. The molecule has 3 aliphatic carbocycles. The van der Waals surface area contributed by atoms with Gasteiger partial charge in [0.05, 0.1) is 12.8 Å². The van der Waals surface area contributed by atoms with Gasteiger partial charge in [-0.1, -0.05) is 26.0 Å². The molecule has 1 aromatic rings. The van der Waals surface area contributed by atoms with Crippen molar-refractivity contribution < 1.29 is 14.6 Å². The maximum atomic E-state index is 12.1. The fourth-order valence-corrected chi connectivity index (χ4v) is 7.09. The standard InChI is InChI=1S/C24H37N3O3/c1-5-30-22(29)25-13-18-19-7-6-15(2)23(19,3)9-8-20(18)24(4)11-16-12-26-27-21(16)10-17(24)14-28/h12,17-20,28H,2,5-11,13-14H2,1,3-4H3,(H,25,29)(H,26,27)/t17-,18+,19+,20+,23-,24+/m1/s1. The number of aromatic amines is 1. The average Bonchev–Trinajstić information content (AvgIpc) is 3.29. The second-order valence-corrected chi connectivity index (χ2v) is 10.2. The molecule has 0 spiro atoms. The molecule has 3 aliphatic rings. The van der Waals surface area contributed by atoms with Gasteiger partial charge in [0.15, 0.2) is 0 Å². The van der Waals surface area contributed by atoms with Gasteiger partial charge in [0.1, 0.15) is 0 Å². The Morgan fingerprint density at radius 2 is 2.20 bits per heavy atom. The molecule has 1 heterocycles. The molecule has 0 radical (unpaired) electrons. The van der Waals surface area contributed by atoms with E-state index in [9.17, 15) is 9.90 Å². The van der Waals surface area contributed by atoms with Crippen LogP contribution in [0.15, 0.2) is 18.3 Å². The van der Waals surface area contributed by atoms with Crippen LogP contribution in [0.1, 0.15) is 57.7 Å². The van der Waals surface area contributed by atoms with Crippen molar-refractivity contribution in [3.8, 4) is 0 Å². The monoisotopic (exact) mass is 415 g/mol. The molecule has 2 saturated carbocycles. The molecular weight excluding hydrogens is 378 g/mol. The minimum absolute atomic E-state index is 0.0299. The number of amides is 1. The normalized spacial score (nSPS) is 38.1. The van der Waals surface area contributed by atoms with Crippen LogP contribution in [0.5, 0.6) is 0 Å². The smallest absolute Gasteiger partial charge is 0.407 e. The lowest BCUT2D eigenvalue weighted by Crippen LogP contribution is -2.53. The molecule has 6 heteroatoms. The number of aliphatic hydroxyl groups excluding tert-OH is 1. The topological polar surface area (TPSA) is 87.2 Å². The van der Waals surface area contributed by atoms with Gasteiger partial charge in [0.2, 0.25) is 0 Å². The zero-order chi connectivity index (χ0) is 21.5. The summed E-state index contributed by atoms with van der Waals surface area (Å²) in [6, 6.07) is 0. The minimum Gasteiger partial charge on any atom is -0.450 e. The highest BCUT2D eigenvalue weighted by molar-refractivity contribution is 5.67. The van der Waals surface area contributed by atoms with E-state index in [0.29, 0.717) is 30.9 Å². The van der Waals surface area contributed by atoms with Crippen LogP contribution >= 0.6 is 0 Å². The summed E-state index contributed by atoms with van der Waals surface area (Å²) >= 11 is 0. The number of carbonyl (C=O) groups excluding carboxylic acids is 1. The zero-order valence-electron chi connectivity index (χ0n) is 18.7. The van der Waals surface area contributed by atoms with Crippen LogP contribution in [0.2, 0.25) is 0 Å². The molecule has 2 fully saturated rings. The van der Waals surface area contributed by atoms with Crippen molar-refractivity contribution in [3.63, 3.8) is 0 Å². The van der Waals surface area contributed by atoms with Gasteiger partial charge in [-0.3, -0.25) is 5.10 Å². The van der Waals surface area contributed by atoms with Crippen molar-refractivity contribution in [2.24, 2.45) is 34.5 Å². The van der Waals surface area contributed by atoms with E-state index in [0.717, 1.165) is 38.5 Å². The predicted octanol–water partition coefficient (Wildman–Crippen LogP) is 3.87. The summed E-state index contributed by atoms with van der Waals surface area (Å²) in [7, 11) is 0. The molecule has 1 aromatic heterocycles. The third-order valence-electron chi connectivity index (χ3n) is 8.98. The maximum absolute atomic E-state index is 12.1. The van der Waals surface area contributed by atoms with Gasteiger partial charge >= 0.3 is 6.09 Å². The van der Waals surface area contributed by atoms with E-state index in [2.05, 4.69) is 35.9 Å². The van der Waals surface area contributed by atoms with E-state index in [-0.39, 0.29) is 29.4 Å². The number of hydrogen-bond acceptors (Lipinski definition) is 4. The number of nitrogens with zero attached hydrogens (tertiary/aromatic N) is 1. The number of aromatic nitrogens is 2. The second kappa shape index (κ2) is 8.03. The predicted molar refractivity (Wildman–Crippen MR) is 116 cm³/mol. The zero-order valence-corrected chi connectivity index (χ0v) is 18.7. The molecule has 1 amide bonds. The lowest BCUT2D eigenvalue weighted by atomic mass is 9.49. The largest absolute Gasteiger partial charge is 0.450 e. The van der Waals surface area contributed by atoms with E-state index in [1.54, 1.807) is 0 Å². The third kappa shape index (κ3) is 3.37. The molecule has 166 valence electrons. The summed E-state index contributed by atoms with van der Waals surface area (Å²) in [4.78, 5) is 12.1. The highest BCUT2D eigenvalue weighted by Crippen LogP contribution is 2.62. The lowest BCUT2D eigenvalue weighted by molar-refractivity contribution is -0.0559. The van der Waals surface area contributed by atoms with Crippen LogP contribution in [-0.2, 0) is 17.6 Å². The second-order valence-electron chi connectivity index (χ2n) is 10.2. The molecule has 4 rings (SSSR count). The van der Waals surface area contributed by atoms with Gasteiger partial charge < -0.3 is 15.2 Å². The van der Waals surface area contributed by atoms with Gasteiger partial charge in [0.25, 0.3) is 0 Å². The Balaban J connectivity index is 1.66. The summed E-state index contributed by atoms with van der Waals surface area (Å²) in [5, 5.41) is 20.8. The number of ether oxygens (including phenoxy) is 1. The van der Waals surface area contributed by atoms with Crippen molar-refractivity contribution in [2.45, 2.75) is 59.3 Å². The van der Waals surface area contributed by atoms with E-state index in [4.69, 9.17) is 4.74 Å². The van der Waals surface area contributed by atoms with Crippen LogP contribution in [0.4, 0.5) is 4.79 Å². The van der Waals surface area contributed by atoms with Crippen molar-refractivity contribution in [1.82, 2.24) is 15.5 Å². The first-order chi connectivity index (χ1) is 14.3. The summed E-state index contributed by atoms with van der Waals surface area (Å²) in [6.45, 7) is 12.2. The highest BCUT2D eigenvalue weighted by atomic mass is 16.5. The van der Waals surface area contributed by atoms with E-state index >= 15 is 0 Å². The average molecular weight is 416 g/mol.